The zero-order chi connectivity index (χ0) is 22.0. The lowest BCUT2D eigenvalue weighted by Gasteiger charge is -2.32. The molecule has 9 heteroatoms. The molecular weight excluding hydrogens is 416 g/mol. The maximum atomic E-state index is 12.5. The SMILES string of the molecule is Cc1cc(C)n(-c2ccc(=O)n(C3CCN(C(=O)NCc4ccc(Cl)cc4)CC3)n2)n1. The second-order valence-electron chi connectivity index (χ2n) is 7.82. The first-order chi connectivity index (χ1) is 14.9. The molecule has 3 aromatic rings. The summed E-state index contributed by atoms with van der Waals surface area (Å²) in [6, 6.07) is 12.4. The Balaban J connectivity index is 1.38. The van der Waals surface area contributed by atoms with E-state index in [-0.39, 0.29) is 17.6 Å². The number of benzene rings is 1. The van der Waals surface area contributed by atoms with E-state index in [1.54, 1.807) is 27.8 Å². The van der Waals surface area contributed by atoms with Crippen molar-refractivity contribution in [2.45, 2.75) is 39.3 Å². The van der Waals surface area contributed by atoms with Crippen LogP contribution < -0.4 is 10.9 Å². The van der Waals surface area contributed by atoms with Crippen LogP contribution in [-0.4, -0.2) is 43.6 Å². The second kappa shape index (κ2) is 8.93. The Bertz CT molecular complexity index is 1130. The van der Waals surface area contributed by atoms with Crippen molar-refractivity contribution in [3.8, 4) is 5.82 Å². The summed E-state index contributed by atoms with van der Waals surface area (Å²) in [5.74, 6) is 0.619. The quantitative estimate of drug-likeness (QED) is 0.674. The van der Waals surface area contributed by atoms with E-state index in [9.17, 15) is 9.59 Å². The summed E-state index contributed by atoms with van der Waals surface area (Å²) in [5.41, 5.74) is 2.71. The molecule has 0 radical (unpaired) electrons. The smallest absolute Gasteiger partial charge is 0.317 e. The highest BCUT2D eigenvalue weighted by atomic mass is 35.5. The molecule has 4 rings (SSSR count). The van der Waals surface area contributed by atoms with Gasteiger partial charge in [0.05, 0.1) is 11.7 Å². The molecule has 31 heavy (non-hydrogen) atoms. The minimum absolute atomic E-state index is 0.0512. The van der Waals surface area contributed by atoms with Crippen molar-refractivity contribution in [2.75, 3.05) is 13.1 Å². The third-order valence-electron chi connectivity index (χ3n) is 5.49. The highest BCUT2D eigenvalue weighted by molar-refractivity contribution is 6.30. The number of hydrogen-bond donors (Lipinski definition) is 1. The fraction of sp³-hybridized carbons (Fsp3) is 0.364. The predicted octanol–water partition coefficient (Wildman–Crippen LogP) is 3.25. The van der Waals surface area contributed by atoms with Gasteiger partial charge in [-0.25, -0.2) is 14.2 Å². The minimum Gasteiger partial charge on any atom is -0.334 e. The number of likely N-dealkylation sites (tertiary alicyclic amines) is 1. The van der Waals surface area contributed by atoms with Crippen molar-refractivity contribution in [1.82, 2.24) is 29.8 Å². The molecular formula is C22H25ClN6O2. The van der Waals surface area contributed by atoms with Crippen LogP contribution in [0.25, 0.3) is 5.82 Å². The van der Waals surface area contributed by atoms with Crippen LogP contribution in [0.2, 0.25) is 5.02 Å². The van der Waals surface area contributed by atoms with Gasteiger partial charge in [-0.3, -0.25) is 4.79 Å². The van der Waals surface area contributed by atoms with Crippen molar-refractivity contribution >= 4 is 17.6 Å². The normalized spacial score (nSPS) is 14.6. The molecule has 162 valence electrons. The van der Waals surface area contributed by atoms with Crippen molar-refractivity contribution in [2.24, 2.45) is 0 Å². The van der Waals surface area contributed by atoms with Gasteiger partial charge in [-0.1, -0.05) is 23.7 Å². The Labute approximate surface area is 185 Å². The number of amides is 2. The molecule has 1 saturated heterocycles. The fourth-order valence-electron chi connectivity index (χ4n) is 3.86. The lowest BCUT2D eigenvalue weighted by molar-refractivity contribution is 0.167. The zero-order valence-corrected chi connectivity index (χ0v) is 18.3. The van der Waals surface area contributed by atoms with Gasteiger partial charge in [0.1, 0.15) is 0 Å². The number of piperidine rings is 1. The molecule has 1 fully saturated rings. The highest BCUT2D eigenvalue weighted by Crippen LogP contribution is 2.21. The van der Waals surface area contributed by atoms with Crippen LogP contribution in [0.1, 0.15) is 35.8 Å². The molecule has 0 unspecified atom stereocenters. The summed E-state index contributed by atoms with van der Waals surface area (Å²) in [5, 5.41) is 12.6. The molecule has 3 heterocycles. The standard InChI is InChI=1S/C22H25ClN6O2/c1-15-13-16(2)28(25-15)20-7-8-21(30)29(26-20)19-9-11-27(12-10-19)22(31)24-14-17-3-5-18(23)6-4-17/h3-8,13,19H,9-12,14H2,1-2H3,(H,24,31). The van der Waals surface area contributed by atoms with Crippen molar-refractivity contribution < 1.29 is 4.79 Å². The topological polar surface area (TPSA) is 85.0 Å². The molecule has 1 aromatic carbocycles. The van der Waals surface area contributed by atoms with Crippen LogP contribution in [-0.2, 0) is 6.54 Å². The Morgan fingerprint density at radius 3 is 2.45 bits per heavy atom. The monoisotopic (exact) mass is 440 g/mol. The number of aryl methyl sites for hydroxylation is 2. The van der Waals surface area contributed by atoms with Gasteiger partial charge < -0.3 is 10.2 Å². The zero-order valence-electron chi connectivity index (χ0n) is 17.6. The van der Waals surface area contributed by atoms with Gasteiger partial charge in [-0.2, -0.15) is 5.10 Å². The van der Waals surface area contributed by atoms with Gasteiger partial charge in [0, 0.05) is 36.4 Å². The second-order valence-corrected chi connectivity index (χ2v) is 8.25. The third kappa shape index (κ3) is 4.80. The molecule has 8 nitrogen and oxygen atoms in total. The summed E-state index contributed by atoms with van der Waals surface area (Å²) >= 11 is 5.89. The summed E-state index contributed by atoms with van der Waals surface area (Å²) in [4.78, 5) is 26.8. The largest absolute Gasteiger partial charge is 0.334 e. The summed E-state index contributed by atoms with van der Waals surface area (Å²) in [7, 11) is 0. The van der Waals surface area contributed by atoms with E-state index < -0.39 is 0 Å². The third-order valence-corrected chi connectivity index (χ3v) is 5.74. The van der Waals surface area contributed by atoms with Crippen LogP contribution in [0, 0.1) is 13.8 Å². The first-order valence-electron chi connectivity index (χ1n) is 10.3. The lowest BCUT2D eigenvalue weighted by Crippen LogP contribution is -2.45. The van der Waals surface area contributed by atoms with E-state index in [0.717, 1.165) is 17.0 Å². The average Bonchev–Trinajstić information content (AvgIpc) is 3.11. The van der Waals surface area contributed by atoms with Gasteiger partial charge in [0.2, 0.25) is 0 Å². The Kier molecular flexibility index (Phi) is 6.08. The Morgan fingerprint density at radius 1 is 1.10 bits per heavy atom. The number of hydrogen-bond acceptors (Lipinski definition) is 4. The Morgan fingerprint density at radius 2 is 1.81 bits per heavy atom. The molecule has 0 spiro atoms. The number of rotatable bonds is 4. The molecule has 0 atom stereocenters. The van der Waals surface area contributed by atoms with E-state index in [0.29, 0.717) is 43.3 Å². The summed E-state index contributed by atoms with van der Waals surface area (Å²) in [6.45, 7) is 5.46. The highest BCUT2D eigenvalue weighted by Gasteiger charge is 2.25. The molecule has 2 aromatic heterocycles. The maximum Gasteiger partial charge on any atom is 0.317 e. The minimum atomic E-state index is -0.143. The van der Waals surface area contributed by atoms with Crippen molar-refractivity contribution in [3.63, 3.8) is 0 Å². The van der Waals surface area contributed by atoms with E-state index in [2.05, 4.69) is 15.5 Å². The number of aromatic nitrogens is 4. The number of nitrogens with zero attached hydrogens (tertiary/aromatic N) is 5. The van der Waals surface area contributed by atoms with Gasteiger partial charge in [0.15, 0.2) is 5.82 Å². The molecule has 0 bridgehead atoms. The van der Waals surface area contributed by atoms with E-state index >= 15 is 0 Å². The Hall–Kier alpha value is -3.13. The first-order valence-corrected chi connectivity index (χ1v) is 10.7. The van der Waals surface area contributed by atoms with Crippen LogP contribution >= 0.6 is 11.6 Å². The molecule has 1 aliphatic rings. The fourth-order valence-corrected chi connectivity index (χ4v) is 3.98. The van der Waals surface area contributed by atoms with Crippen LogP contribution in [0.3, 0.4) is 0 Å². The number of nitrogens with one attached hydrogen (secondary N) is 1. The predicted molar refractivity (Wildman–Crippen MR) is 119 cm³/mol. The summed E-state index contributed by atoms with van der Waals surface area (Å²) < 4.78 is 3.28. The lowest BCUT2D eigenvalue weighted by atomic mass is 10.1. The van der Waals surface area contributed by atoms with Gasteiger partial charge in [-0.15, -0.1) is 5.10 Å². The molecule has 0 saturated carbocycles. The van der Waals surface area contributed by atoms with E-state index in [1.165, 1.54) is 10.7 Å². The molecule has 0 aliphatic carbocycles. The summed E-state index contributed by atoms with van der Waals surface area (Å²) in [6.07, 6.45) is 1.34. The molecule has 1 N–H and O–H groups in total. The molecule has 1 aliphatic heterocycles. The average molecular weight is 441 g/mol. The number of urea groups is 1. The molecule has 2 amide bonds. The van der Waals surface area contributed by atoms with Gasteiger partial charge >= 0.3 is 6.03 Å². The van der Waals surface area contributed by atoms with Gasteiger partial charge in [0.25, 0.3) is 5.56 Å². The number of halogens is 1. The van der Waals surface area contributed by atoms with Crippen LogP contribution in [0.4, 0.5) is 4.79 Å². The first kappa shape index (κ1) is 21.1. The van der Waals surface area contributed by atoms with Crippen molar-refractivity contribution in [1.29, 1.82) is 0 Å². The van der Waals surface area contributed by atoms with E-state index in [4.69, 9.17) is 11.6 Å². The van der Waals surface area contributed by atoms with Crippen molar-refractivity contribution in [3.05, 3.63) is 74.8 Å². The van der Waals surface area contributed by atoms with Crippen LogP contribution in [0.5, 0.6) is 0 Å². The van der Waals surface area contributed by atoms with Crippen LogP contribution in [0.15, 0.2) is 47.3 Å². The number of carbonyl (C=O) groups excluding carboxylic acids is 1. The maximum absolute atomic E-state index is 12.5. The van der Waals surface area contributed by atoms with Gasteiger partial charge in [-0.05, 0) is 56.5 Å². The van der Waals surface area contributed by atoms with E-state index in [1.807, 2.05) is 32.0 Å². The number of carbonyl (C=O) groups is 1.